The third-order valence-electron chi connectivity index (χ3n) is 4.45. The van der Waals surface area contributed by atoms with Crippen LogP contribution in [0.4, 0.5) is 0 Å². The Kier molecular flexibility index (Phi) is 3.56. The van der Waals surface area contributed by atoms with Crippen LogP contribution in [0, 0.1) is 0 Å². The van der Waals surface area contributed by atoms with Crippen molar-refractivity contribution in [2.75, 3.05) is 13.1 Å². The van der Waals surface area contributed by atoms with Crippen molar-refractivity contribution in [1.29, 1.82) is 0 Å². The highest BCUT2D eigenvalue weighted by molar-refractivity contribution is 5.37. The van der Waals surface area contributed by atoms with Gasteiger partial charge in [0, 0.05) is 31.1 Å². The molecule has 5 nitrogen and oxygen atoms in total. The second-order valence-corrected chi connectivity index (χ2v) is 5.89. The monoisotopic (exact) mass is 293 g/mol. The summed E-state index contributed by atoms with van der Waals surface area (Å²) < 4.78 is 2.13. The summed E-state index contributed by atoms with van der Waals surface area (Å²) >= 11 is 0. The van der Waals surface area contributed by atoms with E-state index in [9.17, 15) is 0 Å². The molecule has 0 unspecified atom stereocenters. The molecule has 0 saturated carbocycles. The van der Waals surface area contributed by atoms with Gasteiger partial charge in [-0.3, -0.25) is 14.3 Å². The summed E-state index contributed by atoms with van der Waals surface area (Å²) in [6, 6.07) is 10.2. The van der Waals surface area contributed by atoms with Crippen molar-refractivity contribution < 1.29 is 0 Å². The standard InChI is InChI=1S/C17H19N5/c1-2-10-22-16(3-1)19-20-17(22)15-6-11-21(12-7-15)13-14-4-8-18-9-5-14/h1-5,8-10,15H,6-7,11-13H2. The summed E-state index contributed by atoms with van der Waals surface area (Å²) in [5.41, 5.74) is 2.28. The molecule has 0 spiro atoms. The van der Waals surface area contributed by atoms with Gasteiger partial charge in [-0.25, -0.2) is 0 Å². The molecular weight excluding hydrogens is 274 g/mol. The van der Waals surface area contributed by atoms with E-state index >= 15 is 0 Å². The van der Waals surface area contributed by atoms with E-state index in [2.05, 4.69) is 42.8 Å². The van der Waals surface area contributed by atoms with E-state index in [0.717, 1.165) is 43.9 Å². The molecule has 1 aliphatic rings. The lowest BCUT2D eigenvalue weighted by Crippen LogP contribution is -2.33. The fourth-order valence-corrected chi connectivity index (χ4v) is 3.23. The fourth-order valence-electron chi connectivity index (χ4n) is 3.23. The van der Waals surface area contributed by atoms with Gasteiger partial charge in [-0.05, 0) is 55.8 Å². The van der Waals surface area contributed by atoms with Crippen molar-refractivity contribution in [2.45, 2.75) is 25.3 Å². The zero-order valence-corrected chi connectivity index (χ0v) is 12.5. The molecule has 0 radical (unpaired) electrons. The minimum Gasteiger partial charge on any atom is -0.299 e. The zero-order chi connectivity index (χ0) is 14.8. The molecule has 0 N–H and O–H groups in total. The Balaban J connectivity index is 1.43. The first-order chi connectivity index (χ1) is 10.9. The first kappa shape index (κ1) is 13.4. The van der Waals surface area contributed by atoms with E-state index < -0.39 is 0 Å². The highest BCUT2D eigenvalue weighted by atomic mass is 15.2. The molecular formula is C17H19N5. The third kappa shape index (κ3) is 2.60. The van der Waals surface area contributed by atoms with Crippen LogP contribution in [0.3, 0.4) is 0 Å². The van der Waals surface area contributed by atoms with Crippen molar-refractivity contribution in [1.82, 2.24) is 24.5 Å². The molecule has 4 heterocycles. The van der Waals surface area contributed by atoms with Crippen LogP contribution in [0.5, 0.6) is 0 Å². The third-order valence-corrected chi connectivity index (χ3v) is 4.45. The number of hydrogen-bond acceptors (Lipinski definition) is 4. The molecule has 4 rings (SSSR count). The topological polar surface area (TPSA) is 46.3 Å². The van der Waals surface area contributed by atoms with Gasteiger partial charge in [-0.2, -0.15) is 0 Å². The van der Waals surface area contributed by atoms with Crippen molar-refractivity contribution in [2.24, 2.45) is 0 Å². The zero-order valence-electron chi connectivity index (χ0n) is 12.5. The minimum atomic E-state index is 0.506. The average molecular weight is 293 g/mol. The Morgan fingerprint density at radius 1 is 1.00 bits per heavy atom. The predicted molar refractivity (Wildman–Crippen MR) is 84.5 cm³/mol. The van der Waals surface area contributed by atoms with Crippen LogP contribution in [0.15, 0.2) is 48.9 Å². The van der Waals surface area contributed by atoms with Crippen LogP contribution in [0.1, 0.15) is 30.1 Å². The number of fused-ring (bicyclic) bond motifs is 1. The summed E-state index contributed by atoms with van der Waals surface area (Å²) in [6.07, 6.45) is 8.07. The Bertz CT molecular complexity index is 744. The van der Waals surface area contributed by atoms with Crippen molar-refractivity contribution in [3.63, 3.8) is 0 Å². The van der Waals surface area contributed by atoms with Crippen LogP contribution in [-0.2, 0) is 6.54 Å². The number of rotatable bonds is 3. The number of nitrogens with zero attached hydrogens (tertiary/aromatic N) is 5. The fraction of sp³-hybridized carbons (Fsp3) is 0.353. The van der Waals surface area contributed by atoms with Gasteiger partial charge >= 0.3 is 0 Å². The smallest absolute Gasteiger partial charge is 0.160 e. The molecule has 0 atom stereocenters. The number of piperidine rings is 1. The second kappa shape index (κ2) is 5.85. The van der Waals surface area contributed by atoms with E-state index in [1.165, 1.54) is 5.56 Å². The van der Waals surface area contributed by atoms with Gasteiger partial charge < -0.3 is 0 Å². The molecule has 5 heteroatoms. The first-order valence-corrected chi connectivity index (χ1v) is 7.81. The van der Waals surface area contributed by atoms with Crippen molar-refractivity contribution in [3.8, 4) is 0 Å². The molecule has 1 fully saturated rings. The molecule has 0 bridgehead atoms. The summed E-state index contributed by atoms with van der Waals surface area (Å²) in [6.45, 7) is 3.22. The molecule has 3 aromatic heterocycles. The van der Waals surface area contributed by atoms with E-state index in [4.69, 9.17) is 0 Å². The van der Waals surface area contributed by atoms with Gasteiger partial charge in [0.1, 0.15) is 5.82 Å². The van der Waals surface area contributed by atoms with Gasteiger partial charge in [0.05, 0.1) is 0 Å². The average Bonchev–Trinajstić information content (AvgIpc) is 3.01. The summed E-state index contributed by atoms with van der Waals surface area (Å²) in [5, 5.41) is 8.69. The predicted octanol–water partition coefficient (Wildman–Crippen LogP) is 2.50. The van der Waals surface area contributed by atoms with Crippen molar-refractivity contribution in [3.05, 3.63) is 60.3 Å². The Morgan fingerprint density at radius 2 is 1.82 bits per heavy atom. The van der Waals surface area contributed by atoms with Gasteiger partial charge in [-0.1, -0.05) is 6.07 Å². The number of pyridine rings is 2. The number of hydrogen-bond donors (Lipinski definition) is 0. The maximum absolute atomic E-state index is 4.41. The minimum absolute atomic E-state index is 0.506. The van der Waals surface area contributed by atoms with Crippen LogP contribution in [0.25, 0.3) is 5.65 Å². The molecule has 0 aromatic carbocycles. The molecule has 0 amide bonds. The lowest BCUT2D eigenvalue weighted by molar-refractivity contribution is 0.201. The van der Waals surface area contributed by atoms with E-state index in [-0.39, 0.29) is 0 Å². The highest BCUT2D eigenvalue weighted by Gasteiger charge is 2.24. The summed E-state index contributed by atoms with van der Waals surface area (Å²) in [7, 11) is 0. The largest absolute Gasteiger partial charge is 0.299 e. The van der Waals surface area contributed by atoms with Crippen LogP contribution in [-0.4, -0.2) is 37.6 Å². The normalized spacial score (nSPS) is 17.1. The van der Waals surface area contributed by atoms with Gasteiger partial charge in [0.25, 0.3) is 0 Å². The Hall–Kier alpha value is -2.27. The first-order valence-electron chi connectivity index (χ1n) is 7.81. The lowest BCUT2D eigenvalue weighted by atomic mass is 9.95. The summed E-state index contributed by atoms with van der Waals surface area (Å²) in [4.78, 5) is 6.59. The van der Waals surface area contributed by atoms with Gasteiger partial charge in [0.2, 0.25) is 0 Å². The summed E-state index contributed by atoms with van der Waals surface area (Å²) in [5.74, 6) is 1.62. The van der Waals surface area contributed by atoms with Crippen molar-refractivity contribution >= 4 is 5.65 Å². The van der Waals surface area contributed by atoms with Crippen LogP contribution >= 0.6 is 0 Å². The maximum Gasteiger partial charge on any atom is 0.160 e. The number of aromatic nitrogens is 4. The number of likely N-dealkylation sites (tertiary alicyclic amines) is 1. The quantitative estimate of drug-likeness (QED) is 0.744. The molecule has 3 aromatic rings. The Morgan fingerprint density at radius 3 is 2.64 bits per heavy atom. The molecule has 22 heavy (non-hydrogen) atoms. The molecule has 1 saturated heterocycles. The van der Waals surface area contributed by atoms with E-state index in [1.54, 1.807) is 0 Å². The van der Waals surface area contributed by atoms with Gasteiger partial charge in [0.15, 0.2) is 5.65 Å². The maximum atomic E-state index is 4.41. The van der Waals surface area contributed by atoms with Crippen LogP contribution < -0.4 is 0 Å². The van der Waals surface area contributed by atoms with E-state index in [0.29, 0.717) is 5.92 Å². The molecule has 112 valence electrons. The van der Waals surface area contributed by atoms with Gasteiger partial charge in [-0.15, -0.1) is 10.2 Å². The van der Waals surface area contributed by atoms with E-state index in [1.807, 2.05) is 30.6 Å². The second-order valence-electron chi connectivity index (χ2n) is 5.89. The Labute approximate surface area is 129 Å². The SMILES string of the molecule is c1ccn2c(C3CCN(Cc4ccncc4)CC3)nnc2c1. The highest BCUT2D eigenvalue weighted by Crippen LogP contribution is 2.27. The molecule has 1 aliphatic heterocycles. The van der Waals surface area contributed by atoms with Crippen LogP contribution in [0.2, 0.25) is 0 Å². The lowest BCUT2D eigenvalue weighted by Gasteiger charge is -2.31. The molecule has 0 aliphatic carbocycles.